The standard InChI is InChI=1S/C18H24N4O/c1-14(2)10-12-21-11-6-7-15(13-21)17-19-20-18(23)22(17)16-8-4-3-5-9-16/h3-5,8-10,15H,6-7,11-13H2,1-2H3,(H,20,23)/t15-/m0/s1. The third-order valence-corrected chi connectivity index (χ3v) is 4.34. The van der Waals surface area contributed by atoms with E-state index >= 15 is 0 Å². The van der Waals surface area contributed by atoms with Crippen LogP contribution in [0.4, 0.5) is 0 Å². The maximum Gasteiger partial charge on any atom is 0.347 e. The van der Waals surface area contributed by atoms with Gasteiger partial charge in [-0.3, -0.25) is 4.90 Å². The predicted molar refractivity (Wildman–Crippen MR) is 92.0 cm³/mol. The van der Waals surface area contributed by atoms with Gasteiger partial charge < -0.3 is 0 Å². The molecule has 3 rings (SSSR count). The lowest BCUT2D eigenvalue weighted by molar-refractivity contribution is 0.222. The minimum absolute atomic E-state index is 0.160. The zero-order valence-electron chi connectivity index (χ0n) is 13.8. The van der Waals surface area contributed by atoms with Gasteiger partial charge in [-0.1, -0.05) is 29.8 Å². The van der Waals surface area contributed by atoms with Crippen LogP contribution in [0.2, 0.25) is 0 Å². The number of allylic oxidation sites excluding steroid dienone is 1. The molecule has 5 heteroatoms. The Morgan fingerprint density at radius 2 is 2.13 bits per heavy atom. The zero-order chi connectivity index (χ0) is 16.2. The summed E-state index contributed by atoms with van der Waals surface area (Å²) < 4.78 is 1.72. The van der Waals surface area contributed by atoms with Gasteiger partial charge in [0.25, 0.3) is 0 Å². The molecule has 1 aromatic carbocycles. The van der Waals surface area contributed by atoms with Crippen molar-refractivity contribution < 1.29 is 0 Å². The first-order chi connectivity index (χ1) is 11.1. The second-order valence-corrected chi connectivity index (χ2v) is 6.44. The molecular formula is C18H24N4O. The summed E-state index contributed by atoms with van der Waals surface area (Å²) in [4.78, 5) is 14.6. The SMILES string of the molecule is CC(C)=CCN1CCC[C@H](c2n[nH]c(=O)n2-c2ccccc2)C1. The molecule has 0 bridgehead atoms. The number of nitrogens with zero attached hydrogens (tertiary/aromatic N) is 3. The van der Waals surface area contributed by atoms with Crippen LogP contribution in [0.15, 0.2) is 46.8 Å². The van der Waals surface area contributed by atoms with Crippen molar-refractivity contribution in [1.82, 2.24) is 19.7 Å². The van der Waals surface area contributed by atoms with Crippen molar-refractivity contribution in [2.24, 2.45) is 0 Å². The van der Waals surface area contributed by atoms with E-state index in [9.17, 15) is 4.79 Å². The Bertz CT molecular complexity index is 725. The summed E-state index contributed by atoms with van der Waals surface area (Å²) in [6.45, 7) is 7.28. The molecule has 0 saturated carbocycles. The number of likely N-dealkylation sites (tertiary alicyclic amines) is 1. The van der Waals surface area contributed by atoms with Gasteiger partial charge in [0.15, 0.2) is 0 Å². The van der Waals surface area contributed by atoms with Crippen molar-refractivity contribution in [2.75, 3.05) is 19.6 Å². The number of piperidine rings is 1. The molecule has 0 radical (unpaired) electrons. The van der Waals surface area contributed by atoms with Gasteiger partial charge in [-0.2, -0.15) is 5.10 Å². The van der Waals surface area contributed by atoms with Crippen LogP contribution in [0.1, 0.15) is 38.4 Å². The van der Waals surface area contributed by atoms with Crippen molar-refractivity contribution in [3.63, 3.8) is 0 Å². The van der Waals surface area contributed by atoms with Gasteiger partial charge >= 0.3 is 5.69 Å². The minimum Gasteiger partial charge on any atom is -0.299 e. The fourth-order valence-corrected chi connectivity index (χ4v) is 3.15. The molecule has 0 aliphatic carbocycles. The fourth-order valence-electron chi connectivity index (χ4n) is 3.15. The third kappa shape index (κ3) is 3.62. The molecule has 1 fully saturated rings. The molecule has 2 aromatic rings. The largest absolute Gasteiger partial charge is 0.347 e. The highest BCUT2D eigenvalue weighted by atomic mass is 16.1. The number of hydrogen-bond acceptors (Lipinski definition) is 3. The summed E-state index contributed by atoms with van der Waals surface area (Å²) in [5, 5.41) is 6.95. The highest BCUT2D eigenvalue weighted by molar-refractivity contribution is 5.32. The van der Waals surface area contributed by atoms with Crippen LogP contribution in [0.3, 0.4) is 0 Å². The molecule has 0 unspecified atom stereocenters. The van der Waals surface area contributed by atoms with Crippen molar-refractivity contribution in [1.29, 1.82) is 0 Å². The lowest BCUT2D eigenvalue weighted by atomic mass is 9.97. The summed E-state index contributed by atoms with van der Waals surface area (Å²) in [7, 11) is 0. The highest BCUT2D eigenvalue weighted by Gasteiger charge is 2.26. The van der Waals surface area contributed by atoms with Crippen molar-refractivity contribution in [2.45, 2.75) is 32.6 Å². The number of nitrogens with one attached hydrogen (secondary N) is 1. The lowest BCUT2D eigenvalue weighted by Gasteiger charge is -2.31. The summed E-state index contributed by atoms with van der Waals surface area (Å²) in [6, 6.07) is 9.74. The van der Waals surface area contributed by atoms with Crippen LogP contribution in [0.5, 0.6) is 0 Å². The number of H-pyrrole nitrogens is 1. The van der Waals surface area contributed by atoms with Crippen molar-refractivity contribution in [3.8, 4) is 5.69 Å². The van der Waals surface area contributed by atoms with Gasteiger partial charge in [-0.05, 0) is 45.4 Å². The summed E-state index contributed by atoms with van der Waals surface area (Å²) >= 11 is 0. The Kier molecular flexibility index (Phi) is 4.76. The predicted octanol–water partition coefficient (Wildman–Crippen LogP) is 2.71. The van der Waals surface area contributed by atoms with E-state index in [0.717, 1.165) is 44.0 Å². The van der Waals surface area contributed by atoms with Crippen LogP contribution in [0.25, 0.3) is 5.69 Å². The smallest absolute Gasteiger partial charge is 0.299 e. The number of hydrogen-bond donors (Lipinski definition) is 1. The summed E-state index contributed by atoms with van der Waals surface area (Å²) in [5.74, 6) is 1.14. The number of benzene rings is 1. The number of para-hydroxylation sites is 1. The maximum absolute atomic E-state index is 12.2. The Hall–Kier alpha value is -2.14. The summed E-state index contributed by atoms with van der Waals surface area (Å²) in [6.07, 6.45) is 4.47. The Morgan fingerprint density at radius 1 is 1.35 bits per heavy atom. The quantitative estimate of drug-likeness (QED) is 0.883. The normalized spacial score (nSPS) is 18.8. The topological polar surface area (TPSA) is 53.9 Å². The Balaban J connectivity index is 1.85. The average molecular weight is 312 g/mol. The minimum atomic E-state index is -0.160. The van der Waals surface area contributed by atoms with E-state index in [2.05, 4.69) is 35.0 Å². The second-order valence-electron chi connectivity index (χ2n) is 6.44. The molecule has 0 amide bonds. The van der Waals surface area contributed by atoms with Crippen LogP contribution < -0.4 is 5.69 Å². The maximum atomic E-state index is 12.2. The molecule has 1 aliphatic heterocycles. The fraction of sp³-hybridized carbons (Fsp3) is 0.444. The highest BCUT2D eigenvalue weighted by Crippen LogP contribution is 2.26. The van der Waals surface area contributed by atoms with Gasteiger partial charge in [-0.15, -0.1) is 0 Å². The number of aromatic amines is 1. The molecular weight excluding hydrogens is 288 g/mol. The van der Waals surface area contributed by atoms with Gasteiger partial charge in [-0.25, -0.2) is 14.5 Å². The van der Waals surface area contributed by atoms with E-state index in [-0.39, 0.29) is 11.6 Å². The van der Waals surface area contributed by atoms with Crippen LogP contribution in [-0.4, -0.2) is 39.3 Å². The Labute approximate surface area is 136 Å². The van der Waals surface area contributed by atoms with Crippen LogP contribution in [-0.2, 0) is 0 Å². The lowest BCUT2D eigenvalue weighted by Crippen LogP contribution is -2.36. The van der Waals surface area contributed by atoms with Crippen molar-refractivity contribution in [3.05, 3.63) is 58.3 Å². The number of aromatic nitrogens is 3. The first-order valence-corrected chi connectivity index (χ1v) is 8.23. The third-order valence-electron chi connectivity index (χ3n) is 4.34. The van der Waals surface area contributed by atoms with Crippen LogP contribution >= 0.6 is 0 Å². The first-order valence-electron chi connectivity index (χ1n) is 8.23. The summed E-state index contributed by atoms with van der Waals surface area (Å²) in [5.41, 5.74) is 2.06. The molecule has 0 spiro atoms. The molecule has 1 saturated heterocycles. The van der Waals surface area contributed by atoms with E-state index in [4.69, 9.17) is 0 Å². The van der Waals surface area contributed by atoms with Gasteiger partial charge in [0.1, 0.15) is 5.82 Å². The molecule has 122 valence electrons. The number of rotatable bonds is 4. The molecule has 1 N–H and O–H groups in total. The molecule has 5 nitrogen and oxygen atoms in total. The molecule has 1 aromatic heterocycles. The van der Waals surface area contributed by atoms with E-state index < -0.39 is 0 Å². The average Bonchev–Trinajstić information content (AvgIpc) is 2.96. The van der Waals surface area contributed by atoms with E-state index in [0.29, 0.717) is 0 Å². The van der Waals surface area contributed by atoms with Gasteiger partial charge in [0.2, 0.25) is 0 Å². The molecule has 2 heterocycles. The van der Waals surface area contributed by atoms with Crippen LogP contribution in [0, 0.1) is 0 Å². The van der Waals surface area contributed by atoms with Crippen molar-refractivity contribution >= 4 is 0 Å². The van der Waals surface area contributed by atoms with Gasteiger partial charge in [0, 0.05) is 19.0 Å². The molecule has 23 heavy (non-hydrogen) atoms. The van der Waals surface area contributed by atoms with E-state index in [1.807, 2.05) is 30.3 Å². The first kappa shape index (κ1) is 15.7. The van der Waals surface area contributed by atoms with E-state index in [1.165, 1.54) is 5.57 Å². The zero-order valence-corrected chi connectivity index (χ0v) is 13.8. The molecule has 1 aliphatic rings. The van der Waals surface area contributed by atoms with Gasteiger partial charge in [0.05, 0.1) is 5.69 Å². The van der Waals surface area contributed by atoms with E-state index in [1.54, 1.807) is 4.57 Å². The monoisotopic (exact) mass is 312 g/mol. The second kappa shape index (κ2) is 6.96. The molecule has 1 atom stereocenters. The Morgan fingerprint density at radius 3 is 2.87 bits per heavy atom.